The van der Waals surface area contributed by atoms with E-state index in [-0.39, 0.29) is 5.75 Å². The number of aryl methyl sites for hydroxylation is 1. The summed E-state index contributed by atoms with van der Waals surface area (Å²) in [6.07, 6.45) is 2.02. The van der Waals surface area contributed by atoms with Crippen molar-refractivity contribution in [2.45, 2.75) is 38.6 Å². The molecule has 1 aliphatic heterocycles. The first kappa shape index (κ1) is 19.2. The van der Waals surface area contributed by atoms with Crippen molar-refractivity contribution >= 4 is 21.7 Å². The van der Waals surface area contributed by atoms with Crippen LogP contribution in [0.4, 0.5) is 0 Å². The molecule has 0 bridgehead atoms. The molecule has 0 N–H and O–H groups in total. The summed E-state index contributed by atoms with van der Waals surface area (Å²) in [7, 11) is -0.834. The molecule has 1 unspecified atom stereocenters. The normalized spacial score (nSPS) is 17.8. The Morgan fingerprint density at radius 3 is 2.56 bits per heavy atom. The van der Waals surface area contributed by atoms with E-state index in [2.05, 4.69) is 5.10 Å². The van der Waals surface area contributed by atoms with E-state index in [1.165, 1.54) is 7.11 Å². The Balaban J connectivity index is 2.03. The minimum atomic E-state index is -3.68. The van der Waals surface area contributed by atoms with E-state index in [1.54, 1.807) is 14.0 Å². The van der Waals surface area contributed by atoms with E-state index in [4.69, 9.17) is 9.47 Å². The second-order valence-corrected chi connectivity index (χ2v) is 7.90. The van der Waals surface area contributed by atoms with E-state index in [0.29, 0.717) is 31.4 Å². The summed E-state index contributed by atoms with van der Waals surface area (Å²) in [6, 6.07) is 6.63. The number of ether oxygens (including phenoxy) is 2. The number of hydrogen-bond acceptors (Lipinski definition) is 6. The average Bonchev–Trinajstić information content (AvgIpc) is 2.61. The molecule has 0 aliphatic carbocycles. The van der Waals surface area contributed by atoms with Crippen molar-refractivity contribution in [2.24, 2.45) is 5.10 Å². The first-order valence-corrected chi connectivity index (χ1v) is 9.75. The summed E-state index contributed by atoms with van der Waals surface area (Å²) in [5.74, 6) is 0.105. The second kappa shape index (κ2) is 8.33. The molecule has 0 radical (unpaired) electrons. The molecule has 2 rings (SSSR count). The molecular formula is C17H24N2O5S. The number of sulfonamides is 1. The second-order valence-electron chi connectivity index (χ2n) is 5.95. The Labute approximate surface area is 148 Å². The van der Waals surface area contributed by atoms with Gasteiger partial charge in [0.1, 0.15) is 5.75 Å². The van der Waals surface area contributed by atoms with Crippen molar-refractivity contribution < 1.29 is 22.7 Å². The zero-order chi connectivity index (χ0) is 18.4. The summed E-state index contributed by atoms with van der Waals surface area (Å²) in [4.78, 5) is 11.9. The molecule has 0 amide bonds. The Kier molecular flexibility index (Phi) is 6.41. The highest BCUT2D eigenvalue weighted by atomic mass is 32.2. The molecule has 0 fully saturated rings. The third kappa shape index (κ3) is 4.94. The molecule has 1 aliphatic rings. The Bertz CT molecular complexity index is 728. The lowest BCUT2D eigenvalue weighted by atomic mass is 10.1. The largest absolute Gasteiger partial charge is 0.497 e. The molecule has 0 spiro atoms. The molecular weight excluding hydrogens is 344 g/mol. The van der Waals surface area contributed by atoms with Gasteiger partial charge < -0.3 is 9.47 Å². The molecule has 8 heteroatoms. The molecule has 25 heavy (non-hydrogen) atoms. The van der Waals surface area contributed by atoms with Crippen LogP contribution in [0.25, 0.3) is 0 Å². The maximum atomic E-state index is 12.6. The van der Waals surface area contributed by atoms with Crippen LogP contribution in [-0.4, -0.2) is 50.5 Å². The van der Waals surface area contributed by atoms with Crippen LogP contribution in [0.1, 0.15) is 31.7 Å². The van der Waals surface area contributed by atoms with Crippen LogP contribution in [-0.2, 0) is 26.0 Å². The molecule has 0 saturated heterocycles. The monoisotopic (exact) mass is 368 g/mol. The minimum Gasteiger partial charge on any atom is -0.497 e. The van der Waals surface area contributed by atoms with E-state index >= 15 is 0 Å². The molecule has 1 aromatic carbocycles. The van der Waals surface area contributed by atoms with Crippen LogP contribution in [0, 0.1) is 0 Å². The zero-order valence-electron chi connectivity index (χ0n) is 14.8. The van der Waals surface area contributed by atoms with Gasteiger partial charge in [0.05, 0.1) is 20.0 Å². The van der Waals surface area contributed by atoms with Gasteiger partial charge in [-0.1, -0.05) is 12.1 Å². The van der Waals surface area contributed by atoms with Gasteiger partial charge >= 0.3 is 5.97 Å². The van der Waals surface area contributed by atoms with Crippen molar-refractivity contribution in [1.82, 2.24) is 4.41 Å². The smallest absolute Gasteiger partial charge is 0.331 e. The molecule has 1 heterocycles. The molecule has 1 atom stereocenters. The van der Waals surface area contributed by atoms with Gasteiger partial charge in [-0.15, -0.1) is 0 Å². The number of hydrogen-bond donors (Lipinski definition) is 0. The van der Waals surface area contributed by atoms with E-state index in [0.717, 1.165) is 15.7 Å². The third-order valence-electron chi connectivity index (χ3n) is 4.10. The van der Waals surface area contributed by atoms with Crippen LogP contribution in [0.3, 0.4) is 0 Å². The average molecular weight is 368 g/mol. The lowest BCUT2D eigenvalue weighted by Crippen LogP contribution is -2.46. The van der Waals surface area contributed by atoms with Gasteiger partial charge in [-0.25, -0.2) is 13.2 Å². The number of methoxy groups -OCH3 is 2. The SMILES string of the molecule is COC(=O)C1CCC(C)=NN1S(=O)(=O)CCCc1ccc(OC)cc1. The molecule has 0 saturated carbocycles. The van der Waals surface area contributed by atoms with Crippen molar-refractivity contribution in [3.8, 4) is 5.75 Å². The predicted molar refractivity (Wildman–Crippen MR) is 95.1 cm³/mol. The number of hydrazone groups is 1. The van der Waals surface area contributed by atoms with E-state index < -0.39 is 22.0 Å². The summed E-state index contributed by atoms with van der Waals surface area (Å²) in [5, 5.41) is 4.10. The minimum absolute atomic E-state index is 0.0801. The fourth-order valence-corrected chi connectivity index (χ4v) is 4.23. The van der Waals surface area contributed by atoms with E-state index in [9.17, 15) is 13.2 Å². The van der Waals surface area contributed by atoms with Gasteiger partial charge in [-0.05, 0) is 50.3 Å². The number of rotatable bonds is 7. The third-order valence-corrected chi connectivity index (χ3v) is 5.81. The highest BCUT2D eigenvalue weighted by Crippen LogP contribution is 2.22. The van der Waals surface area contributed by atoms with Gasteiger partial charge in [0.25, 0.3) is 10.0 Å². The van der Waals surface area contributed by atoms with Crippen molar-refractivity contribution in [2.75, 3.05) is 20.0 Å². The van der Waals surface area contributed by atoms with Crippen LogP contribution >= 0.6 is 0 Å². The first-order valence-electron chi connectivity index (χ1n) is 8.14. The topological polar surface area (TPSA) is 85.3 Å². The van der Waals surface area contributed by atoms with Gasteiger partial charge in [-0.2, -0.15) is 9.52 Å². The van der Waals surface area contributed by atoms with Crippen LogP contribution in [0.5, 0.6) is 5.75 Å². The molecule has 0 aromatic heterocycles. The zero-order valence-corrected chi connectivity index (χ0v) is 15.6. The standard InChI is InChI=1S/C17H24N2O5S/c1-13-6-11-16(17(20)24-3)19(18-13)25(21,22)12-4-5-14-7-9-15(23-2)10-8-14/h7-10,16H,4-6,11-12H2,1-3H3. The molecule has 138 valence electrons. The highest BCUT2D eigenvalue weighted by Gasteiger charge is 2.36. The quantitative estimate of drug-likeness (QED) is 0.687. The van der Waals surface area contributed by atoms with Gasteiger partial charge in [0.2, 0.25) is 0 Å². The lowest BCUT2D eigenvalue weighted by molar-refractivity contribution is -0.145. The summed E-state index contributed by atoms with van der Waals surface area (Å²) in [6.45, 7) is 1.76. The summed E-state index contributed by atoms with van der Waals surface area (Å²) in [5.41, 5.74) is 1.72. The van der Waals surface area contributed by atoms with Crippen molar-refractivity contribution in [3.05, 3.63) is 29.8 Å². The Hall–Kier alpha value is -2.09. The fraction of sp³-hybridized carbons (Fsp3) is 0.529. The van der Waals surface area contributed by atoms with Gasteiger partial charge in [0, 0.05) is 5.71 Å². The maximum absolute atomic E-state index is 12.6. The molecule has 1 aromatic rings. The predicted octanol–water partition coefficient (Wildman–Crippen LogP) is 1.97. The number of carbonyl (C=O) groups is 1. The Morgan fingerprint density at radius 1 is 1.28 bits per heavy atom. The number of esters is 1. The van der Waals surface area contributed by atoms with Gasteiger partial charge in [0.15, 0.2) is 6.04 Å². The number of nitrogens with zero attached hydrogens (tertiary/aromatic N) is 2. The number of carbonyl (C=O) groups excluding carboxylic acids is 1. The van der Waals surface area contributed by atoms with Crippen LogP contribution < -0.4 is 4.74 Å². The lowest BCUT2D eigenvalue weighted by Gasteiger charge is -2.30. The number of benzene rings is 1. The van der Waals surface area contributed by atoms with Crippen LogP contribution in [0.2, 0.25) is 0 Å². The summed E-state index contributed by atoms with van der Waals surface area (Å²) >= 11 is 0. The van der Waals surface area contributed by atoms with E-state index in [1.807, 2.05) is 24.3 Å². The highest BCUT2D eigenvalue weighted by molar-refractivity contribution is 7.89. The fourth-order valence-electron chi connectivity index (χ4n) is 2.69. The summed E-state index contributed by atoms with van der Waals surface area (Å²) < 4.78 is 36.0. The maximum Gasteiger partial charge on any atom is 0.331 e. The van der Waals surface area contributed by atoms with Gasteiger partial charge in [-0.3, -0.25) is 0 Å². The van der Waals surface area contributed by atoms with Crippen molar-refractivity contribution in [3.63, 3.8) is 0 Å². The van der Waals surface area contributed by atoms with Crippen LogP contribution in [0.15, 0.2) is 29.4 Å². The Morgan fingerprint density at radius 2 is 1.96 bits per heavy atom. The van der Waals surface area contributed by atoms with Crippen molar-refractivity contribution in [1.29, 1.82) is 0 Å². The first-order chi connectivity index (χ1) is 11.9. The molecule has 7 nitrogen and oxygen atoms in total.